The van der Waals surface area contributed by atoms with Crippen LogP contribution in [0, 0.1) is 5.41 Å². The second kappa shape index (κ2) is 5.07. The SMILES string of the molecule is CCC1NC(=O)CCN(C(C)C(C)(C)C)C1=O. The third-order valence-electron chi connectivity index (χ3n) is 3.63. The van der Waals surface area contributed by atoms with Crippen LogP contribution in [0.15, 0.2) is 0 Å². The molecule has 0 aromatic rings. The third-order valence-corrected chi connectivity index (χ3v) is 3.63. The highest BCUT2D eigenvalue weighted by molar-refractivity contribution is 5.90. The topological polar surface area (TPSA) is 49.4 Å². The molecular formula is C13H24N2O2. The zero-order valence-corrected chi connectivity index (χ0v) is 11.5. The van der Waals surface area contributed by atoms with E-state index in [4.69, 9.17) is 0 Å². The van der Waals surface area contributed by atoms with Crippen LogP contribution in [0.5, 0.6) is 0 Å². The molecule has 2 amide bonds. The molecule has 0 aromatic heterocycles. The summed E-state index contributed by atoms with van der Waals surface area (Å²) in [4.78, 5) is 25.7. The summed E-state index contributed by atoms with van der Waals surface area (Å²) in [6.45, 7) is 10.9. The van der Waals surface area contributed by atoms with E-state index < -0.39 is 0 Å². The Bertz CT molecular complexity index is 307. The van der Waals surface area contributed by atoms with Crippen molar-refractivity contribution < 1.29 is 9.59 Å². The molecule has 2 unspecified atom stereocenters. The van der Waals surface area contributed by atoms with Crippen LogP contribution in [0.2, 0.25) is 0 Å². The lowest BCUT2D eigenvalue weighted by molar-refractivity contribution is -0.137. The lowest BCUT2D eigenvalue weighted by atomic mass is 9.86. The molecule has 17 heavy (non-hydrogen) atoms. The highest BCUT2D eigenvalue weighted by Gasteiger charge is 2.35. The van der Waals surface area contributed by atoms with Gasteiger partial charge in [-0.1, -0.05) is 27.7 Å². The number of carbonyl (C=O) groups is 2. The van der Waals surface area contributed by atoms with Crippen molar-refractivity contribution in [3.8, 4) is 0 Å². The Morgan fingerprint density at radius 2 is 2.00 bits per heavy atom. The smallest absolute Gasteiger partial charge is 0.245 e. The Balaban J connectivity index is 2.91. The molecule has 4 nitrogen and oxygen atoms in total. The van der Waals surface area contributed by atoms with E-state index in [1.165, 1.54) is 0 Å². The molecule has 98 valence electrons. The second-order valence-electron chi connectivity index (χ2n) is 5.85. The summed E-state index contributed by atoms with van der Waals surface area (Å²) in [7, 11) is 0. The molecule has 1 saturated heterocycles. The molecule has 1 N–H and O–H groups in total. The van der Waals surface area contributed by atoms with E-state index in [-0.39, 0.29) is 29.3 Å². The minimum absolute atomic E-state index is 0.0196. The average Bonchev–Trinajstić information content (AvgIpc) is 2.36. The average molecular weight is 240 g/mol. The lowest BCUT2D eigenvalue weighted by Gasteiger charge is -2.38. The molecule has 1 heterocycles. The van der Waals surface area contributed by atoms with Crippen LogP contribution in [0.25, 0.3) is 0 Å². The van der Waals surface area contributed by atoms with Crippen molar-refractivity contribution in [1.82, 2.24) is 10.2 Å². The first-order valence-electron chi connectivity index (χ1n) is 6.37. The van der Waals surface area contributed by atoms with Crippen LogP contribution < -0.4 is 5.32 Å². The Hall–Kier alpha value is -1.06. The fraction of sp³-hybridized carbons (Fsp3) is 0.846. The molecule has 1 aliphatic heterocycles. The van der Waals surface area contributed by atoms with Crippen molar-refractivity contribution in [3.05, 3.63) is 0 Å². The van der Waals surface area contributed by atoms with Crippen molar-refractivity contribution in [1.29, 1.82) is 0 Å². The van der Waals surface area contributed by atoms with Gasteiger partial charge in [0.2, 0.25) is 11.8 Å². The van der Waals surface area contributed by atoms with Gasteiger partial charge in [-0.05, 0) is 18.8 Å². The minimum Gasteiger partial charge on any atom is -0.344 e. The predicted octanol–water partition coefficient (Wildman–Crippen LogP) is 1.55. The summed E-state index contributed by atoms with van der Waals surface area (Å²) in [5, 5.41) is 2.78. The van der Waals surface area contributed by atoms with E-state index in [1.807, 2.05) is 11.8 Å². The molecule has 1 rings (SSSR count). The molecule has 0 aliphatic carbocycles. The van der Waals surface area contributed by atoms with E-state index in [0.29, 0.717) is 19.4 Å². The monoisotopic (exact) mass is 240 g/mol. The fourth-order valence-electron chi connectivity index (χ4n) is 1.99. The molecule has 0 bridgehead atoms. The van der Waals surface area contributed by atoms with Crippen LogP contribution in [-0.2, 0) is 9.59 Å². The van der Waals surface area contributed by atoms with Crippen molar-refractivity contribution >= 4 is 11.8 Å². The van der Waals surface area contributed by atoms with Gasteiger partial charge in [-0.15, -0.1) is 0 Å². The summed E-state index contributed by atoms with van der Waals surface area (Å²) in [6.07, 6.45) is 1.06. The van der Waals surface area contributed by atoms with E-state index in [2.05, 4.69) is 33.0 Å². The third kappa shape index (κ3) is 3.20. The van der Waals surface area contributed by atoms with Crippen LogP contribution in [0.1, 0.15) is 47.5 Å². The maximum Gasteiger partial charge on any atom is 0.245 e. The summed E-state index contributed by atoms with van der Waals surface area (Å²) >= 11 is 0. The second-order valence-corrected chi connectivity index (χ2v) is 5.85. The summed E-state index contributed by atoms with van der Waals surface area (Å²) in [5.74, 6) is 0.0367. The Morgan fingerprint density at radius 3 is 2.47 bits per heavy atom. The number of nitrogens with one attached hydrogen (secondary N) is 1. The Kier molecular flexibility index (Phi) is 4.17. The molecule has 0 radical (unpaired) electrons. The highest BCUT2D eigenvalue weighted by atomic mass is 16.2. The van der Waals surface area contributed by atoms with Crippen molar-refractivity contribution in [2.75, 3.05) is 6.54 Å². The first-order chi connectivity index (χ1) is 7.77. The van der Waals surface area contributed by atoms with Gasteiger partial charge in [0.25, 0.3) is 0 Å². The number of nitrogens with zero attached hydrogens (tertiary/aromatic N) is 1. The fourth-order valence-corrected chi connectivity index (χ4v) is 1.99. The number of rotatable bonds is 2. The standard InChI is InChI=1S/C13H24N2O2/c1-6-10-12(17)15(8-7-11(16)14-10)9(2)13(3,4)5/h9-10H,6-8H2,1-5H3,(H,14,16). The largest absolute Gasteiger partial charge is 0.344 e. The first-order valence-corrected chi connectivity index (χ1v) is 6.37. The quantitative estimate of drug-likeness (QED) is 0.796. The molecule has 4 heteroatoms. The van der Waals surface area contributed by atoms with Gasteiger partial charge in [-0.3, -0.25) is 9.59 Å². The normalized spacial score (nSPS) is 24.3. The van der Waals surface area contributed by atoms with Gasteiger partial charge >= 0.3 is 0 Å². The molecule has 0 spiro atoms. The maximum atomic E-state index is 12.3. The van der Waals surface area contributed by atoms with Gasteiger partial charge in [0, 0.05) is 19.0 Å². The molecule has 0 aromatic carbocycles. The minimum atomic E-state index is -0.352. The highest BCUT2D eigenvalue weighted by Crippen LogP contribution is 2.25. The Morgan fingerprint density at radius 1 is 1.41 bits per heavy atom. The van der Waals surface area contributed by atoms with E-state index >= 15 is 0 Å². The van der Waals surface area contributed by atoms with Crippen molar-refractivity contribution in [2.45, 2.75) is 59.5 Å². The molecule has 0 saturated carbocycles. The van der Waals surface area contributed by atoms with Crippen molar-refractivity contribution in [3.63, 3.8) is 0 Å². The molecule has 2 atom stereocenters. The van der Waals surface area contributed by atoms with Crippen LogP contribution in [0.4, 0.5) is 0 Å². The van der Waals surface area contributed by atoms with Gasteiger partial charge in [0.1, 0.15) is 6.04 Å². The number of amides is 2. The van der Waals surface area contributed by atoms with E-state index in [0.717, 1.165) is 0 Å². The first kappa shape index (κ1) is 14.0. The van der Waals surface area contributed by atoms with Crippen LogP contribution >= 0.6 is 0 Å². The van der Waals surface area contributed by atoms with Crippen LogP contribution in [0.3, 0.4) is 0 Å². The number of hydrogen-bond donors (Lipinski definition) is 1. The maximum absolute atomic E-state index is 12.3. The molecule has 1 aliphatic rings. The summed E-state index contributed by atoms with van der Waals surface area (Å²) < 4.78 is 0. The van der Waals surface area contributed by atoms with Gasteiger partial charge < -0.3 is 10.2 Å². The lowest BCUT2D eigenvalue weighted by Crippen LogP contribution is -2.51. The predicted molar refractivity (Wildman–Crippen MR) is 67.5 cm³/mol. The van der Waals surface area contributed by atoms with Gasteiger partial charge in [0.15, 0.2) is 0 Å². The summed E-state index contributed by atoms with van der Waals surface area (Å²) in [6, 6.07) is -0.216. The number of hydrogen-bond acceptors (Lipinski definition) is 2. The van der Waals surface area contributed by atoms with E-state index in [1.54, 1.807) is 0 Å². The number of carbonyl (C=O) groups excluding carboxylic acids is 2. The van der Waals surface area contributed by atoms with E-state index in [9.17, 15) is 9.59 Å². The van der Waals surface area contributed by atoms with Crippen molar-refractivity contribution in [2.24, 2.45) is 5.41 Å². The Labute approximate surface area is 104 Å². The zero-order chi connectivity index (χ0) is 13.2. The van der Waals surface area contributed by atoms with Gasteiger partial charge in [-0.25, -0.2) is 0 Å². The van der Waals surface area contributed by atoms with Gasteiger partial charge in [-0.2, -0.15) is 0 Å². The van der Waals surface area contributed by atoms with Crippen LogP contribution in [-0.4, -0.2) is 35.3 Å². The molecule has 1 fully saturated rings. The molecular weight excluding hydrogens is 216 g/mol. The van der Waals surface area contributed by atoms with Gasteiger partial charge in [0.05, 0.1) is 0 Å². The summed E-state index contributed by atoms with van der Waals surface area (Å²) in [5.41, 5.74) is 0.0291. The zero-order valence-electron chi connectivity index (χ0n) is 11.5.